The van der Waals surface area contributed by atoms with E-state index in [0.29, 0.717) is 6.04 Å². The van der Waals surface area contributed by atoms with E-state index in [9.17, 15) is 0 Å². The first-order valence-corrected chi connectivity index (χ1v) is 6.93. The van der Waals surface area contributed by atoms with E-state index in [2.05, 4.69) is 46.0 Å². The maximum Gasteiger partial charge on any atom is 0.0312 e. The average molecular weight is 225 g/mol. The van der Waals surface area contributed by atoms with Gasteiger partial charge in [0.1, 0.15) is 0 Å². The predicted octanol–water partition coefficient (Wildman–Crippen LogP) is 4.54. The molecule has 0 aliphatic carbocycles. The summed E-state index contributed by atoms with van der Waals surface area (Å²) in [5, 5.41) is 3.74. The van der Waals surface area contributed by atoms with Crippen molar-refractivity contribution in [3.05, 3.63) is 11.6 Å². The number of hydrogen-bond donors (Lipinski definition) is 1. The second-order valence-corrected chi connectivity index (χ2v) is 5.41. The van der Waals surface area contributed by atoms with Gasteiger partial charge in [0.05, 0.1) is 0 Å². The van der Waals surface area contributed by atoms with Gasteiger partial charge in [-0.15, -0.1) is 0 Å². The van der Waals surface area contributed by atoms with Gasteiger partial charge in [-0.05, 0) is 39.0 Å². The predicted molar refractivity (Wildman–Crippen MR) is 74.8 cm³/mol. The van der Waals surface area contributed by atoms with Crippen LogP contribution in [0.1, 0.15) is 67.7 Å². The van der Waals surface area contributed by atoms with Crippen LogP contribution >= 0.6 is 0 Å². The van der Waals surface area contributed by atoms with Crippen LogP contribution in [0, 0.1) is 5.92 Å². The molecular formula is C15H31N. The van der Waals surface area contributed by atoms with Crippen molar-refractivity contribution >= 4 is 0 Å². The molecular weight excluding hydrogens is 194 g/mol. The molecule has 0 radical (unpaired) electrons. The highest BCUT2D eigenvalue weighted by Crippen LogP contribution is 2.24. The minimum absolute atomic E-state index is 0.177. The first-order chi connectivity index (χ1) is 7.44. The summed E-state index contributed by atoms with van der Waals surface area (Å²) in [6.07, 6.45) is 6.20. The molecule has 0 saturated carbocycles. The second kappa shape index (κ2) is 7.11. The molecule has 1 aliphatic rings. The summed E-state index contributed by atoms with van der Waals surface area (Å²) in [6.45, 7) is 15.4. The zero-order valence-corrected chi connectivity index (χ0v) is 12.4. The fourth-order valence-electron chi connectivity index (χ4n) is 2.29. The lowest BCUT2D eigenvalue weighted by Crippen LogP contribution is -2.45. The van der Waals surface area contributed by atoms with Crippen LogP contribution in [0.15, 0.2) is 11.6 Å². The van der Waals surface area contributed by atoms with Crippen LogP contribution in [-0.4, -0.2) is 11.6 Å². The molecule has 0 fully saturated rings. The molecule has 0 saturated heterocycles. The SMILES string of the molecule is CC.CCC1=CC(C)(C)NC(C(C)C)CC1. The van der Waals surface area contributed by atoms with Crippen LogP contribution in [0.5, 0.6) is 0 Å². The maximum atomic E-state index is 3.74. The molecule has 1 heteroatoms. The fourth-order valence-corrected chi connectivity index (χ4v) is 2.29. The molecule has 1 nitrogen and oxygen atoms in total. The lowest BCUT2D eigenvalue weighted by molar-refractivity contribution is 0.321. The van der Waals surface area contributed by atoms with E-state index in [4.69, 9.17) is 0 Å². The van der Waals surface area contributed by atoms with Gasteiger partial charge in [-0.1, -0.05) is 46.3 Å². The Morgan fingerprint density at radius 3 is 2.38 bits per heavy atom. The summed E-state index contributed by atoms with van der Waals surface area (Å²) in [7, 11) is 0. The smallest absolute Gasteiger partial charge is 0.0312 e. The number of hydrogen-bond acceptors (Lipinski definition) is 1. The molecule has 0 aromatic rings. The van der Waals surface area contributed by atoms with Gasteiger partial charge in [-0.3, -0.25) is 0 Å². The molecule has 16 heavy (non-hydrogen) atoms. The molecule has 1 rings (SSSR count). The lowest BCUT2D eigenvalue weighted by atomic mass is 9.97. The van der Waals surface area contributed by atoms with Crippen molar-refractivity contribution in [3.63, 3.8) is 0 Å². The van der Waals surface area contributed by atoms with E-state index in [0.717, 1.165) is 5.92 Å². The van der Waals surface area contributed by atoms with Crippen molar-refractivity contribution in [1.29, 1.82) is 0 Å². The van der Waals surface area contributed by atoms with Crippen molar-refractivity contribution in [3.8, 4) is 0 Å². The molecule has 96 valence electrons. The third-order valence-electron chi connectivity index (χ3n) is 3.16. The van der Waals surface area contributed by atoms with Crippen LogP contribution in [-0.2, 0) is 0 Å². The molecule has 1 aliphatic heterocycles. The molecule has 0 bridgehead atoms. The van der Waals surface area contributed by atoms with Crippen LogP contribution in [0.4, 0.5) is 0 Å². The third kappa shape index (κ3) is 5.16. The topological polar surface area (TPSA) is 12.0 Å². The Hall–Kier alpha value is -0.300. The lowest BCUT2D eigenvalue weighted by Gasteiger charge is -2.30. The van der Waals surface area contributed by atoms with Gasteiger partial charge in [0, 0.05) is 11.6 Å². The monoisotopic (exact) mass is 225 g/mol. The highest BCUT2D eigenvalue weighted by Gasteiger charge is 2.25. The summed E-state index contributed by atoms with van der Waals surface area (Å²) < 4.78 is 0. The minimum Gasteiger partial charge on any atom is -0.305 e. The molecule has 0 aromatic carbocycles. The number of nitrogens with one attached hydrogen (secondary N) is 1. The van der Waals surface area contributed by atoms with Gasteiger partial charge in [0.15, 0.2) is 0 Å². The Kier molecular flexibility index (Phi) is 6.98. The Morgan fingerprint density at radius 2 is 1.94 bits per heavy atom. The van der Waals surface area contributed by atoms with Gasteiger partial charge in [-0.2, -0.15) is 0 Å². The van der Waals surface area contributed by atoms with Crippen molar-refractivity contribution < 1.29 is 0 Å². The van der Waals surface area contributed by atoms with Crippen molar-refractivity contribution in [1.82, 2.24) is 5.32 Å². The summed E-state index contributed by atoms with van der Waals surface area (Å²) in [5.41, 5.74) is 1.79. The van der Waals surface area contributed by atoms with Crippen molar-refractivity contribution in [2.24, 2.45) is 5.92 Å². The Balaban J connectivity index is 0.00000106. The first-order valence-electron chi connectivity index (χ1n) is 6.93. The number of allylic oxidation sites excluding steroid dienone is 1. The van der Waals surface area contributed by atoms with E-state index in [1.165, 1.54) is 19.3 Å². The summed E-state index contributed by atoms with van der Waals surface area (Å²) >= 11 is 0. The third-order valence-corrected chi connectivity index (χ3v) is 3.16. The summed E-state index contributed by atoms with van der Waals surface area (Å²) in [4.78, 5) is 0. The van der Waals surface area contributed by atoms with Crippen LogP contribution in [0.2, 0.25) is 0 Å². The van der Waals surface area contributed by atoms with Gasteiger partial charge in [0.25, 0.3) is 0 Å². The van der Waals surface area contributed by atoms with Gasteiger partial charge < -0.3 is 5.32 Å². The molecule has 1 atom stereocenters. The van der Waals surface area contributed by atoms with Gasteiger partial charge >= 0.3 is 0 Å². The van der Waals surface area contributed by atoms with E-state index >= 15 is 0 Å². The van der Waals surface area contributed by atoms with Crippen LogP contribution in [0.3, 0.4) is 0 Å². The van der Waals surface area contributed by atoms with Crippen molar-refractivity contribution in [2.75, 3.05) is 0 Å². The zero-order valence-electron chi connectivity index (χ0n) is 12.4. The average Bonchev–Trinajstić information content (AvgIpc) is 2.39. The summed E-state index contributed by atoms with van der Waals surface area (Å²) in [5.74, 6) is 0.735. The zero-order chi connectivity index (χ0) is 12.8. The van der Waals surface area contributed by atoms with E-state index < -0.39 is 0 Å². The van der Waals surface area contributed by atoms with Crippen LogP contribution < -0.4 is 5.32 Å². The quantitative estimate of drug-likeness (QED) is 0.681. The molecule has 1 unspecified atom stereocenters. The summed E-state index contributed by atoms with van der Waals surface area (Å²) in [6, 6.07) is 0.672. The molecule has 1 N–H and O–H groups in total. The Labute approximate surface area is 103 Å². The minimum atomic E-state index is 0.177. The number of rotatable bonds is 2. The van der Waals surface area contributed by atoms with Crippen molar-refractivity contribution in [2.45, 2.75) is 79.3 Å². The Morgan fingerprint density at radius 1 is 1.38 bits per heavy atom. The molecule has 0 spiro atoms. The van der Waals surface area contributed by atoms with Gasteiger partial charge in [-0.25, -0.2) is 0 Å². The maximum absolute atomic E-state index is 3.74. The fraction of sp³-hybridized carbons (Fsp3) is 0.867. The normalized spacial score (nSPS) is 24.2. The highest BCUT2D eigenvalue weighted by atomic mass is 15.0. The van der Waals surface area contributed by atoms with E-state index in [-0.39, 0.29) is 5.54 Å². The molecule has 0 amide bonds. The molecule has 0 aromatic heterocycles. The largest absolute Gasteiger partial charge is 0.305 e. The van der Waals surface area contributed by atoms with Crippen LogP contribution in [0.25, 0.3) is 0 Å². The Bertz CT molecular complexity index is 213. The standard InChI is InChI=1S/C13H25N.C2H6/c1-6-11-7-8-12(10(2)3)14-13(4,5)9-11;1-2/h9-10,12,14H,6-8H2,1-5H3;1-2H3. The molecule has 1 heterocycles. The van der Waals surface area contributed by atoms with Gasteiger partial charge in [0.2, 0.25) is 0 Å². The first kappa shape index (κ1) is 15.7. The van der Waals surface area contributed by atoms with E-state index in [1.807, 2.05) is 13.8 Å². The highest BCUT2D eigenvalue weighted by molar-refractivity contribution is 5.14. The van der Waals surface area contributed by atoms with E-state index in [1.54, 1.807) is 5.57 Å². The second-order valence-electron chi connectivity index (χ2n) is 5.41.